The molecule has 0 spiro atoms. The number of ether oxygens (including phenoxy) is 1. The molecule has 4 N–H and O–H groups in total. The van der Waals surface area contributed by atoms with Crippen LogP contribution < -0.4 is 16.0 Å². The molecule has 1 aliphatic rings. The number of rotatable bonds is 19. The lowest BCUT2D eigenvalue weighted by Crippen LogP contribution is -2.54. The maximum absolute atomic E-state index is 13.8. The third-order valence-corrected chi connectivity index (χ3v) is 9.21. The van der Waals surface area contributed by atoms with Crippen molar-refractivity contribution in [2.75, 3.05) is 25.1 Å². The van der Waals surface area contributed by atoms with Gasteiger partial charge in [0, 0.05) is 18.8 Å². The highest BCUT2D eigenvalue weighted by molar-refractivity contribution is 7.98. The molecule has 13 heteroatoms. The fraction of sp³-hybridized carbons (Fsp3) is 0.788. The first-order valence-electron chi connectivity index (χ1n) is 16.6. The van der Waals surface area contributed by atoms with E-state index in [4.69, 9.17) is 4.74 Å². The number of carbonyl (C=O) groups excluding carboxylic acids is 4. The van der Waals surface area contributed by atoms with E-state index in [0.29, 0.717) is 38.1 Å². The monoisotopic (exact) mass is 666 g/mol. The van der Waals surface area contributed by atoms with Crippen molar-refractivity contribution in [3.8, 4) is 0 Å². The Labute approximate surface area is 279 Å². The number of hydrogen-bond donors (Lipinski definition) is 4. The van der Waals surface area contributed by atoms with E-state index in [-0.39, 0.29) is 36.8 Å². The van der Waals surface area contributed by atoms with E-state index in [2.05, 4.69) is 28.0 Å². The Bertz CT molecular complexity index is 1160. The van der Waals surface area contributed by atoms with Gasteiger partial charge in [0.25, 0.3) is 0 Å². The molecule has 2 rings (SSSR count). The van der Waals surface area contributed by atoms with Crippen LogP contribution in [0.5, 0.6) is 0 Å². The number of thioether (sulfide) groups is 1. The van der Waals surface area contributed by atoms with Crippen molar-refractivity contribution >= 4 is 35.6 Å². The molecule has 5 atom stereocenters. The van der Waals surface area contributed by atoms with Crippen molar-refractivity contribution in [1.82, 2.24) is 30.6 Å². The van der Waals surface area contributed by atoms with Crippen molar-refractivity contribution in [3.05, 3.63) is 17.5 Å². The van der Waals surface area contributed by atoms with Crippen LogP contribution in [-0.2, 0) is 25.9 Å². The largest absolute Gasteiger partial charge is 0.426 e. The number of amides is 4. The summed E-state index contributed by atoms with van der Waals surface area (Å²) in [7, 11) is 0. The molecule has 0 aromatic carbocycles. The number of aryl methyl sites for hydroxylation is 2. The van der Waals surface area contributed by atoms with Crippen molar-refractivity contribution in [2.24, 2.45) is 17.3 Å². The maximum Gasteiger partial charge on any atom is 0.409 e. The molecule has 0 radical (unpaired) electrons. The smallest absolute Gasteiger partial charge is 0.409 e. The summed E-state index contributed by atoms with van der Waals surface area (Å²) in [6, 6.07) is -0.228. The van der Waals surface area contributed by atoms with Gasteiger partial charge in [-0.2, -0.15) is 16.9 Å². The zero-order valence-electron chi connectivity index (χ0n) is 29.4. The molecule has 1 aliphatic heterocycles. The van der Waals surface area contributed by atoms with Crippen LogP contribution in [0.1, 0.15) is 91.5 Å². The van der Waals surface area contributed by atoms with Crippen LogP contribution in [-0.4, -0.2) is 92.9 Å². The second-order valence-corrected chi connectivity index (χ2v) is 14.6. The van der Waals surface area contributed by atoms with Crippen LogP contribution in [0, 0.1) is 31.1 Å². The third-order valence-electron chi connectivity index (χ3n) is 8.56. The average Bonchev–Trinajstić information content (AvgIpc) is 3.45. The summed E-state index contributed by atoms with van der Waals surface area (Å²) in [4.78, 5) is 54.8. The standard InChI is InChI=1S/C33H58N6O6S/c1-10-11-14-34-30(42)28(22(4)5)38-15-13-33(8,31(38)43)19-27(40)26(17-21(2)3)35-29(41)25(12-16-46-9)36-32(44)45-20-39-24(7)18-23(6)37-39/h18,21-22,25-28,40H,10-17,19-20H2,1-9H3,(H,34,42)(H,35,41)(H,36,44)/t25-,26-,27-,28-,33-/m0/s1. The molecule has 2 heterocycles. The number of carbonyl (C=O) groups is 4. The van der Waals surface area contributed by atoms with Crippen LogP contribution in [0.2, 0.25) is 0 Å². The average molecular weight is 667 g/mol. The van der Waals surface area contributed by atoms with E-state index < -0.39 is 41.6 Å². The second-order valence-electron chi connectivity index (χ2n) is 13.6. The first-order chi connectivity index (χ1) is 21.6. The molecule has 0 saturated carbocycles. The van der Waals surface area contributed by atoms with Gasteiger partial charge in [-0.3, -0.25) is 14.4 Å². The predicted molar refractivity (Wildman–Crippen MR) is 181 cm³/mol. The van der Waals surface area contributed by atoms with Gasteiger partial charge in [0.15, 0.2) is 6.73 Å². The number of nitrogens with one attached hydrogen (secondary N) is 3. The highest BCUT2D eigenvalue weighted by atomic mass is 32.2. The molecule has 0 bridgehead atoms. The molecule has 1 aromatic heterocycles. The van der Waals surface area contributed by atoms with Crippen LogP contribution >= 0.6 is 11.8 Å². The predicted octanol–water partition coefficient (Wildman–Crippen LogP) is 3.77. The van der Waals surface area contributed by atoms with E-state index in [1.54, 1.807) is 21.3 Å². The number of aromatic nitrogens is 2. The first-order valence-corrected chi connectivity index (χ1v) is 18.0. The Morgan fingerprint density at radius 1 is 1.15 bits per heavy atom. The molecular formula is C33H58N6O6S. The summed E-state index contributed by atoms with van der Waals surface area (Å²) in [6.45, 7) is 16.4. The van der Waals surface area contributed by atoms with Gasteiger partial charge in [-0.1, -0.05) is 48.0 Å². The van der Waals surface area contributed by atoms with Gasteiger partial charge in [0.2, 0.25) is 17.7 Å². The zero-order valence-corrected chi connectivity index (χ0v) is 30.2. The highest BCUT2D eigenvalue weighted by Crippen LogP contribution is 2.39. The zero-order chi connectivity index (χ0) is 34.6. The molecule has 0 unspecified atom stereocenters. The minimum atomic E-state index is -1.02. The summed E-state index contributed by atoms with van der Waals surface area (Å²) in [5, 5.41) is 24.4. The lowest BCUT2D eigenvalue weighted by Gasteiger charge is -2.34. The van der Waals surface area contributed by atoms with Crippen LogP contribution in [0.4, 0.5) is 4.79 Å². The molecule has 0 aliphatic carbocycles. The molecule has 1 fully saturated rings. The molecule has 1 aromatic rings. The van der Waals surface area contributed by atoms with Gasteiger partial charge in [0.05, 0.1) is 23.3 Å². The van der Waals surface area contributed by atoms with E-state index in [0.717, 1.165) is 24.2 Å². The van der Waals surface area contributed by atoms with Gasteiger partial charge >= 0.3 is 6.09 Å². The summed E-state index contributed by atoms with van der Waals surface area (Å²) < 4.78 is 6.91. The Kier molecular flexibility index (Phi) is 15.9. The molecule has 1 saturated heterocycles. The Morgan fingerprint density at radius 2 is 1.85 bits per heavy atom. The lowest BCUT2D eigenvalue weighted by molar-refractivity contribution is -0.145. The lowest BCUT2D eigenvalue weighted by atomic mass is 9.80. The van der Waals surface area contributed by atoms with E-state index >= 15 is 0 Å². The van der Waals surface area contributed by atoms with Crippen LogP contribution in [0.3, 0.4) is 0 Å². The molecular weight excluding hydrogens is 608 g/mol. The number of hydrogen-bond acceptors (Lipinski definition) is 8. The van der Waals surface area contributed by atoms with Gasteiger partial charge in [-0.15, -0.1) is 0 Å². The third kappa shape index (κ3) is 11.5. The van der Waals surface area contributed by atoms with E-state index in [1.807, 2.05) is 60.8 Å². The Hall–Kier alpha value is -2.80. The Morgan fingerprint density at radius 3 is 2.41 bits per heavy atom. The number of aliphatic hydroxyl groups excluding tert-OH is 1. The first kappa shape index (κ1) is 39.4. The molecule has 4 amide bonds. The fourth-order valence-corrected chi connectivity index (χ4v) is 6.47. The summed E-state index contributed by atoms with van der Waals surface area (Å²) >= 11 is 1.55. The number of likely N-dealkylation sites (tertiary alicyclic amines) is 1. The van der Waals surface area contributed by atoms with Crippen LogP contribution in [0.15, 0.2) is 6.07 Å². The quantitative estimate of drug-likeness (QED) is 0.163. The summed E-state index contributed by atoms with van der Waals surface area (Å²) in [5.74, 6) is -0.0346. The van der Waals surface area contributed by atoms with Crippen molar-refractivity contribution in [3.63, 3.8) is 0 Å². The minimum Gasteiger partial charge on any atom is -0.426 e. The SMILES string of the molecule is CCCCNC(=O)[C@H](C(C)C)N1CC[C@@](C)(C[C@H](O)[C@H](CC(C)C)NC(=O)[C@H](CCSC)NC(=O)OCn2nc(C)cc2C)C1=O. The molecule has 46 heavy (non-hydrogen) atoms. The van der Waals surface area contributed by atoms with Gasteiger partial charge < -0.3 is 30.7 Å². The molecule has 262 valence electrons. The van der Waals surface area contributed by atoms with Gasteiger partial charge in [-0.05, 0) is 75.9 Å². The number of unbranched alkanes of at least 4 members (excludes halogenated alkanes) is 1. The van der Waals surface area contributed by atoms with Gasteiger partial charge in [0.1, 0.15) is 12.1 Å². The molecule has 12 nitrogen and oxygen atoms in total. The topological polar surface area (TPSA) is 155 Å². The minimum absolute atomic E-state index is 0.0732. The van der Waals surface area contributed by atoms with E-state index in [1.165, 1.54) is 0 Å². The number of nitrogens with zero attached hydrogens (tertiary/aromatic N) is 3. The van der Waals surface area contributed by atoms with E-state index in [9.17, 15) is 24.3 Å². The van der Waals surface area contributed by atoms with Crippen molar-refractivity contribution in [1.29, 1.82) is 0 Å². The van der Waals surface area contributed by atoms with Crippen molar-refractivity contribution < 1.29 is 29.0 Å². The summed E-state index contributed by atoms with van der Waals surface area (Å²) in [6.07, 6.45) is 3.48. The van der Waals surface area contributed by atoms with Crippen molar-refractivity contribution in [2.45, 2.75) is 125 Å². The fourth-order valence-electron chi connectivity index (χ4n) is 6.00. The van der Waals surface area contributed by atoms with Crippen LogP contribution in [0.25, 0.3) is 0 Å². The number of alkyl carbamates (subject to hydrolysis) is 1. The highest BCUT2D eigenvalue weighted by Gasteiger charge is 2.49. The summed E-state index contributed by atoms with van der Waals surface area (Å²) in [5.41, 5.74) is 0.765. The van der Waals surface area contributed by atoms with Gasteiger partial charge in [-0.25, -0.2) is 9.48 Å². The second kappa shape index (κ2) is 18.5. The maximum atomic E-state index is 13.8. The Balaban J connectivity index is 2.12. The normalized spacial score (nSPS) is 19.2. The number of aliphatic hydroxyl groups is 1.